The quantitative estimate of drug-likeness (QED) is 0.559. The number of nitrogens with zero attached hydrogens (tertiary/aromatic N) is 1. The number of piperidine rings is 1. The van der Waals surface area contributed by atoms with Crippen molar-refractivity contribution in [2.24, 2.45) is 0 Å². The number of ether oxygens (including phenoxy) is 2. The molecule has 2 aromatic rings. The van der Waals surface area contributed by atoms with E-state index in [0.29, 0.717) is 11.3 Å². The highest BCUT2D eigenvalue weighted by molar-refractivity contribution is 9.10. The van der Waals surface area contributed by atoms with Crippen LogP contribution < -0.4 is 15.0 Å². The van der Waals surface area contributed by atoms with Crippen LogP contribution in [0.5, 0.6) is 5.75 Å². The number of halogens is 3. The Bertz CT molecular complexity index is 849. The summed E-state index contributed by atoms with van der Waals surface area (Å²) in [6.07, 6.45) is 2.85. The van der Waals surface area contributed by atoms with Crippen LogP contribution in [0.3, 0.4) is 0 Å². The van der Waals surface area contributed by atoms with Gasteiger partial charge < -0.3 is 19.7 Å². The first-order valence-corrected chi connectivity index (χ1v) is 10.6. The number of alkyl halides is 2. The van der Waals surface area contributed by atoms with Gasteiger partial charge in [0.25, 0.3) is 0 Å². The number of benzene rings is 2. The number of carbonyl (C=O) groups is 1. The second-order valence-electron chi connectivity index (χ2n) is 7.17. The molecule has 1 fully saturated rings. The van der Waals surface area contributed by atoms with Gasteiger partial charge in [-0.1, -0.05) is 15.9 Å². The maximum atomic E-state index is 12.6. The summed E-state index contributed by atoms with van der Waals surface area (Å²) in [6.45, 7) is -1.06. The van der Waals surface area contributed by atoms with Gasteiger partial charge in [0.15, 0.2) is 0 Å². The predicted molar refractivity (Wildman–Crippen MR) is 116 cm³/mol. The number of amides is 1. The maximum absolute atomic E-state index is 12.6. The van der Waals surface area contributed by atoms with Crippen LogP contribution in [0.15, 0.2) is 46.9 Å². The van der Waals surface area contributed by atoms with Crippen LogP contribution in [0.1, 0.15) is 24.8 Å². The van der Waals surface area contributed by atoms with Crippen LogP contribution in [0.2, 0.25) is 0 Å². The molecule has 0 aromatic heterocycles. The predicted octanol–water partition coefficient (Wildman–Crippen LogP) is 5.24. The summed E-state index contributed by atoms with van der Waals surface area (Å²) in [4.78, 5) is 14.6. The lowest BCUT2D eigenvalue weighted by Crippen LogP contribution is -2.39. The van der Waals surface area contributed by atoms with E-state index in [-0.39, 0.29) is 30.6 Å². The fraction of sp³-hybridized carbons (Fsp3) is 0.409. The first-order chi connectivity index (χ1) is 14.4. The van der Waals surface area contributed by atoms with E-state index in [4.69, 9.17) is 4.74 Å². The number of aryl methyl sites for hydroxylation is 1. The number of nitrogens with one attached hydrogen (secondary N) is 1. The molecule has 0 aliphatic carbocycles. The van der Waals surface area contributed by atoms with Gasteiger partial charge in [-0.25, -0.2) is 0 Å². The van der Waals surface area contributed by atoms with Crippen molar-refractivity contribution in [2.75, 3.05) is 30.4 Å². The van der Waals surface area contributed by atoms with E-state index < -0.39 is 6.61 Å². The summed E-state index contributed by atoms with van der Waals surface area (Å²) < 4.78 is 35.9. The largest absolute Gasteiger partial charge is 0.435 e. The molecule has 0 bridgehead atoms. The average Bonchev–Trinajstić information content (AvgIpc) is 2.74. The Kier molecular flexibility index (Phi) is 8.04. The van der Waals surface area contributed by atoms with Gasteiger partial charge in [0.1, 0.15) is 5.75 Å². The van der Waals surface area contributed by atoms with Crippen LogP contribution in [0.25, 0.3) is 0 Å². The van der Waals surface area contributed by atoms with Crippen LogP contribution >= 0.6 is 15.9 Å². The third kappa shape index (κ3) is 6.40. The second kappa shape index (κ2) is 10.7. The SMILES string of the molecule is COC1CCCN(c2ccc(NC(=O)CCc3cc(Br)ccc3OC(F)F)cc2)C1. The second-order valence-corrected chi connectivity index (χ2v) is 8.09. The van der Waals surface area contributed by atoms with Crippen LogP contribution in [0.4, 0.5) is 20.2 Å². The first-order valence-electron chi connectivity index (χ1n) is 9.85. The van der Waals surface area contributed by atoms with Crippen molar-refractivity contribution < 1.29 is 23.0 Å². The molecule has 8 heteroatoms. The van der Waals surface area contributed by atoms with E-state index in [1.54, 1.807) is 19.2 Å². The summed E-state index contributed by atoms with van der Waals surface area (Å²) in [7, 11) is 1.74. The molecule has 162 valence electrons. The molecule has 1 heterocycles. The first kappa shape index (κ1) is 22.5. The Morgan fingerprint density at radius 1 is 1.27 bits per heavy atom. The fourth-order valence-electron chi connectivity index (χ4n) is 3.55. The van der Waals surface area contributed by atoms with Gasteiger partial charge in [-0.05, 0) is 67.3 Å². The van der Waals surface area contributed by atoms with Crippen molar-refractivity contribution in [3.05, 3.63) is 52.5 Å². The third-order valence-electron chi connectivity index (χ3n) is 5.09. The molecule has 1 saturated heterocycles. The Morgan fingerprint density at radius 3 is 2.73 bits per heavy atom. The maximum Gasteiger partial charge on any atom is 0.387 e. The van der Waals surface area contributed by atoms with Crippen LogP contribution in [-0.2, 0) is 16.0 Å². The van der Waals surface area contributed by atoms with E-state index in [9.17, 15) is 13.6 Å². The monoisotopic (exact) mass is 482 g/mol. The van der Waals surface area contributed by atoms with E-state index in [1.165, 1.54) is 6.07 Å². The molecule has 0 spiro atoms. The molecular formula is C22H25BrF2N2O3. The Morgan fingerprint density at radius 2 is 2.03 bits per heavy atom. The molecule has 1 amide bonds. The van der Waals surface area contributed by atoms with Crippen molar-refractivity contribution in [2.45, 2.75) is 38.4 Å². The molecule has 3 rings (SSSR count). The summed E-state index contributed by atoms with van der Waals surface area (Å²) in [5.41, 5.74) is 2.34. The number of carbonyl (C=O) groups excluding carboxylic acids is 1. The number of methoxy groups -OCH3 is 1. The molecule has 30 heavy (non-hydrogen) atoms. The highest BCUT2D eigenvalue weighted by Crippen LogP contribution is 2.27. The number of hydrogen-bond donors (Lipinski definition) is 1. The van der Waals surface area contributed by atoms with E-state index in [2.05, 4.69) is 30.9 Å². The highest BCUT2D eigenvalue weighted by atomic mass is 79.9. The van der Waals surface area contributed by atoms with Gasteiger partial charge in [-0.2, -0.15) is 8.78 Å². The van der Waals surface area contributed by atoms with Crippen LogP contribution in [0, 0.1) is 0 Å². The van der Waals surface area contributed by atoms with Crippen molar-refractivity contribution in [3.8, 4) is 5.75 Å². The molecule has 2 aromatic carbocycles. The van der Waals surface area contributed by atoms with Crippen molar-refractivity contribution in [3.63, 3.8) is 0 Å². The van der Waals surface area contributed by atoms with Crippen molar-refractivity contribution in [1.29, 1.82) is 0 Å². The summed E-state index contributed by atoms with van der Waals surface area (Å²) >= 11 is 3.32. The Balaban J connectivity index is 1.55. The zero-order valence-corrected chi connectivity index (χ0v) is 18.3. The fourth-order valence-corrected chi connectivity index (χ4v) is 3.96. The van der Waals surface area contributed by atoms with E-state index in [1.807, 2.05) is 24.3 Å². The van der Waals surface area contributed by atoms with Crippen molar-refractivity contribution >= 4 is 33.2 Å². The third-order valence-corrected chi connectivity index (χ3v) is 5.58. The Labute approximate surface area is 183 Å². The minimum atomic E-state index is -2.91. The molecule has 1 aliphatic heterocycles. The standard InChI is InChI=1S/C22H25BrF2N2O3/c1-29-19-3-2-12-27(14-19)18-8-6-17(7-9-18)26-21(28)11-4-15-13-16(23)5-10-20(15)30-22(24)25/h5-10,13,19,22H,2-4,11-12,14H2,1H3,(H,26,28). The number of anilines is 2. The lowest BCUT2D eigenvalue weighted by Gasteiger charge is -2.33. The lowest BCUT2D eigenvalue weighted by atomic mass is 10.1. The Hall–Kier alpha value is -2.19. The molecule has 1 unspecified atom stereocenters. The lowest BCUT2D eigenvalue weighted by molar-refractivity contribution is -0.116. The smallest absolute Gasteiger partial charge is 0.387 e. The minimum absolute atomic E-state index is 0.0845. The van der Waals surface area contributed by atoms with Gasteiger partial charge >= 0.3 is 6.61 Å². The molecule has 5 nitrogen and oxygen atoms in total. The molecule has 0 saturated carbocycles. The minimum Gasteiger partial charge on any atom is -0.435 e. The average molecular weight is 483 g/mol. The molecule has 0 radical (unpaired) electrons. The number of hydrogen-bond acceptors (Lipinski definition) is 4. The van der Waals surface area contributed by atoms with Gasteiger partial charge in [0.05, 0.1) is 6.10 Å². The molecule has 1 aliphatic rings. The molecule has 1 atom stereocenters. The topological polar surface area (TPSA) is 50.8 Å². The highest BCUT2D eigenvalue weighted by Gasteiger charge is 2.19. The zero-order valence-electron chi connectivity index (χ0n) is 16.7. The van der Waals surface area contributed by atoms with Gasteiger partial charge in [0.2, 0.25) is 5.91 Å². The normalized spacial score (nSPS) is 16.6. The van der Waals surface area contributed by atoms with Gasteiger partial charge in [-0.15, -0.1) is 0 Å². The van der Waals surface area contributed by atoms with E-state index >= 15 is 0 Å². The molecular weight excluding hydrogens is 458 g/mol. The summed E-state index contributed by atoms with van der Waals surface area (Å²) in [6, 6.07) is 12.5. The summed E-state index contributed by atoms with van der Waals surface area (Å²) in [5, 5.41) is 2.85. The summed E-state index contributed by atoms with van der Waals surface area (Å²) in [5.74, 6) is -0.107. The molecule has 1 N–H and O–H groups in total. The van der Waals surface area contributed by atoms with Gasteiger partial charge in [-0.3, -0.25) is 4.79 Å². The van der Waals surface area contributed by atoms with Crippen LogP contribution in [-0.4, -0.2) is 38.8 Å². The number of rotatable bonds is 8. The van der Waals surface area contributed by atoms with Crippen molar-refractivity contribution in [1.82, 2.24) is 0 Å². The van der Waals surface area contributed by atoms with Gasteiger partial charge in [0, 0.05) is 42.5 Å². The van der Waals surface area contributed by atoms with E-state index in [0.717, 1.165) is 36.1 Å². The zero-order chi connectivity index (χ0) is 21.5.